The van der Waals surface area contributed by atoms with Crippen molar-refractivity contribution in [3.63, 3.8) is 0 Å². The van der Waals surface area contributed by atoms with Crippen LogP contribution in [0.1, 0.15) is 42.6 Å². The van der Waals surface area contributed by atoms with E-state index < -0.39 is 5.97 Å². The Hall–Kier alpha value is -1.94. The Balaban J connectivity index is 2.19. The molecule has 5 heteroatoms. The molecule has 4 nitrogen and oxygen atoms in total. The van der Waals surface area contributed by atoms with Crippen LogP contribution in [0.25, 0.3) is 0 Å². The van der Waals surface area contributed by atoms with Gasteiger partial charge in [-0.3, -0.25) is 0 Å². The van der Waals surface area contributed by atoms with Crippen molar-refractivity contribution in [3.05, 3.63) is 52.4 Å². The van der Waals surface area contributed by atoms with Crippen LogP contribution in [0, 0.1) is 0 Å². The smallest absolute Gasteiger partial charge is 0.374 e. The first-order valence-corrected chi connectivity index (χ1v) is 7.58. The van der Waals surface area contributed by atoms with Crippen molar-refractivity contribution < 1.29 is 18.7 Å². The minimum absolute atomic E-state index is 0.0617. The molecule has 2 aromatic rings. The van der Waals surface area contributed by atoms with Gasteiger partial charge < -0.3 is 13.9 Å². The molecule has 1 aromatic carbocycles. The van der Waals surface area contributed by atoms with E-state index >= 15 is 0 Å². The number of rotatable bonds is 6. The quantitative estimate of drug-likeness (QED) is 0.735. The fraction of sp³-hybridized carbons (Fsp3) is 0.353. The number of hydrogen-bond donors (Lipinski definition) is 0. The highest BCUT2D eigenvalue weighted by Crippen LogP contribution is 2.27. The number of hydrogen-bond acceptors (Lipinski definition) is 4. The van der Waals surface area contributed by atoms with Gasteiger partial charge in [0.15, 0.2) is 0 Å². The van der Waals surface area contributed by atoms with E-state index in [2.05, 4.69) is 0 Å². The largest absolute Gasteiger partial charge is 0.491 e. The molecule has 22 heavy (non-hydrogen) atoms. The Labute approximate surface area is 135 Å². The van der Waals surface area contributed by atoms with Gasteiger partial charge >= 0.3 is 5.97 Å². The first kappa shape index (κ1) is 16.4. The number of esters is 1. The van der Waals surface area contributed by atoms with Crippen LogP contribution in [-0.4, -0.2) is 18.7 Å². The van der Waals surface area contributed by atoms with E-state index in [1.807, 2.05) is 26.0 Å². The molecule has 2 rings (SSSR count). The molecule has 0 aliphatic rings. The van der Waals surface area contributed by atoms with Crippen LogP contribution < -0.4 is 4.74 Å². The summed E-state index contributed by atoms with van der Waals surface area (Å²) < 4.78 is 16.2. The minimum Gasteiger partial charge on any atom is -0.491 e. The van der Waals surface area contributed by atoms with Crippen molar-refractivity contribution in [2.45, 2.75) is 33.3 Å². The zero-order chi connectivity index (χ0) is 16.1. The lowest BCUT2D eigenvalue weighted by Crippen LogP contribution is -2.07. The van der Waals surface area contributed by atoms with E-state index in [-0.39, 0.29) is 11.9 Å². The standard InChI is InChI=1S/C17H19ClO4/c1-4-20-17(19)16-8-6-14(22-16)10-12-9-13(18)5-7-15(12)21-11(2)3/h5-9,11H,4,10H2,1-3H3. The van der Waals surface area contributed by atoms with Crippen molar-refractivity contribution in [1.29, 1.82) is 0 Å². The van der Waals surface area contributed by atoms with Crippen LogP contribution in [0.2, 0.25) is 5.02 Å². The van der Waals surface area contributed by atoms with Crippen LogP contribution in [0.4, 0.5) is 0 Å². The lowest BCUT2D eigenvalue weighted by atomic mass is 10.1. The molecule has 0 amide bonds. The molecule has 1 heterocycles. The molecule has 0 bridgehead atoms. The Morgan fingerprint density at radius 3 is 2.73 bits per heavy atom. The summed E-state index contributed by atoms with van der Waals surface area (Å²) in [5.41, 5.74) is 0.908. The second-order valence-electron chi connectivity index (χ2n) is 5.08. The van der Waals surface area contributed by atoms with E-state index in [1.165, 1.54) is 0 Å². The minimum atomic E-state index is -0.460. The Bertz CT molecular complexity index is 646. The molecule has 0 aliphatic carbocycles. The Morgan fingerprint density at radius 1 is 1.27 bits per heavy atom. The third-order valence-corrected chi connectivity index (χ3v) is 3.12. The van der Waals surface area contributed by atoms with Crippen LogP contribution in [0.5, 0.6) is 5.75 Å². The number of ether oxygens (including phenoxy) is 2. The van der Waals surface area contributed by atoms with Crippen molar-refractivity contribution in [1.82, 2.24) is 0 Å². The molecule has 0 saturated heterocycles. The average Bonchev–Trinajstić information content (AvgIpc) is 2.90. The van der Waals surface area contributed by atoms with Crippen LogP contribution in [0.3, 0.4) is 0 Å². The second kappa shape index (κ2) is 7.36. The van der Waals surface area contributed by atoms with E-state index in [9.17, 15) is 4.79 Å². The summed E-state index contributed by atoms with van der Waals surface area (Å²) in [7, 11) is 0. The molecule has 0 N–H and O–H groups in total. The normalized spacial score (nSPS) is 10.8. The van der Waals surface area contributed by atoms with Gasteiger partial charge in [-0.1, -0.05) is 11.6 Å². The molecule has 0 spiro atoms. The molecule has 0 radical (unpaired) electrons. The fourth-order valence-electron chi connectivity index (χ4n) is 2.03. The number of furan rings is 1. The number of carbonyl (C=O) groups is 1. The first-order valence-electron chi connectivity index (χ1n) is 7.20. The van der Waals surface area contributed by atoms with Crippen LogP contribution in [-0.2, 0) is 11.2 Å². The molecule has 1 aromatic heterocycles. The summed E-state index contributed by atoms with van der Waals surface area (Å²) in [5, 5.41) is 0.628. The lowest BCUT2D eigenvalue weighted by molar-refractivity contribution is 0.0488. The SMILES string of the molecule is CCOC(=O)c1ccc(Cc2cc(Cl)ccc2OC(C)C)o1. The van der Waals surface area contributed by atoms with Gasteiger partial charge in [-0.15, -0.1) is 0 Å². The van der Waals surface area contributed by atoms with E-state index in [1.54, 1.807) is 25.1 Å². The Morgan fingerprint density at radius 2 is 2.05 bits per heavy atom. The highest BCUT2D eigenvalue weighted by atomic mass is 35.5. The maximum atomic E-state index is 11.6. The number of halogens is 1. The molecule has 0 atom stereocenters. The number of benzene rings is 1. The zero-order valence-electron chi connectivity index (χ0n) is 12.9. The summed E-state index contributed by atoms with van der Waals surface area (Å²) in [6.45, 7) is 5.99. The maximum Gasteiger partial charge on any atom is 0.374 e. The van der Waals surface area contributed by atoms with Crippen LogP contribution in [0.15, 0.2) is 34.7 Å². The molecule has 0 saturated carbocycles. The maximum absolute atomic E-state index is 11.6. The lowest BCUT2D eigenvalue weighted by Gasteiger charge is -2.14. The van der Waals surface area contributed by atoms with Gasteiger partial charge in [0.25, 0.3) is 0 Å². The zero-order valence-corrected chi connectivity index (χ0v) is 13.6. The van der Waals surface area contributed by atoms with Gasteiger partial charge in [0.05, 0.1) is 12.7 Å². The van der Waals surface area contributed by atoms with Crippen LogP contribution >= 0.6 is 11.6 Å². The summed E-state index contributed by atoms with van der Waals surface area (Å²) in [6, 6.07) is 8.83. The van der Waals surface area contributed by atoms with Gasteiger partial charge in [-0.25, -0.2) is 4.79 Å². The summed E-state index contributed by atoms with van der Waals surface area (Å²) in [6.07, 6.45) is 0.550. The predicted octanol–water partition coefficient (Wildman–Crippen LogP) is 4.49. The van der Waals surface area contributed by atoms with Crippen molar-refractivity contribution in [2.24, 2.45) is 0 Å². The topological polar surface area (TPSA) is 48.7 Å². The van der Waals surface area contributed by atoms with Crippen molar-refractivity contribution in [2.75, 3.05) is 6.61 Å². The van der Waals surface area contributed by atoms with Crippen molar-refractivity contribution in [3.8, 4) is 5.75 Å². The molecule has 0 fully saturated rings. The first-order chi connectivity index (χ1) is 10.5. The van der Waals surface area contributed by atoms with E-state index in [0.29, 0.717) is 23.8 Å². The van der Waals surface area contributed by atoms with E-state index in [0.717, 1.165) is 11.3 Å². The molecular weight excluding hydrogens is 304 g/mol. The third-order valence-electron chi connectivity index (χ3n) is 2.89. The molecule has 118 valence electrons. The highest BCUT2D eigenvalue weighted by Gasteiger charge is 2.14. The van der Waals surface area contributed by atoms with Crippen molar-refractivity contribution >= 4 is 17.6 Å². The van der Waals surface area contributed by atoms with Gasteiger partial charge in [-0.05, 0) is 51.1 Å². The fourth-order valence-corrected chi connectivity index (χ4v) is 2.22. The molecule has 0 unspecified atom stereocenters. The number of carbonyl (C=O) groups excluding carboxylic acids is 1. The third kappa shape index (κ3) is 4.28. The second-order valence-corrected chi connectivity index (χ2v) is 5.52. The summed E-state index contributed by atoms with van der Waals surface area (Å²) in [4.78, 5) is 11.6. The average molecular weight is 323 g/mol. The molecular formula is C17H19ClO4. The Kier molecular flexibility index (Phi) is 5.50. The monoisotopic (exact) mass is 322 g/mol. The summed E-state index contributed by atoms with van der Waals surface area (Å²) in [5.74, 6) is 1.15. The molecule has 0 aliphatic heterocycles. The van der Waals surface area contributed by atoms with E-state index in [4.69, 9.17) is 25.5 Å². The van der Waals surface area contributed by atoms with Gasteiger partial charge in [-0.2, -0.15) is 0 Å². The van der Waals surface area contributed by atoms with Gasteiger partial charge in [0.2, 0.25) is 5.76 Å². The summed E-state index contributed by atoms with van der Waals surface area (Å²) >= 11 is 6.06. The van der Waals surface area contributed by atoms with Gasteiger partial charge in [0.1, 0.15) is 11.5 Å². The van der Waals surface area contributed by atoms with Gasteiger partial charge in [0, 0.05) is 17.0 Å². The predicted molar refractivity (Wildman–Crippen MR) is 84.7 cm³/mol. The highest BCUT2D eigenvalue weighted by molar-refractivity contribution is 6.30.